The molecule has 1 saturated carbocycles. The Bertz CT molecular complexity index is 548. The van der Waals surface area contributed by atoms with Crippen molar-refractivity contribution in [3.63, 3.8) is 0 Å². The zero-order valence-corrected chi connectivity index (χ0v) is 12.1. The molecule has 4 rings (SSSR count). The van der Waals surface area contributed by atoms with Gasteiger partial charge in [0, 0.05) is 38.6 Å². The average molecular weight is 288 g/mol. The van der Waals surface area contributed by atoms with Gasteiger partial charge in [-0.15, -0.1) is 0 Å². The molecule has 2 aliphatic heterocycles. The Morgan fingerprint density at radius 3 is 2.62 bits per heavy atom. The van der Waals surface area contributed by atoms with Crippen molar-refractivity contribution in [2.24, 2.45) is 5.92 Å². The summed E-state index contributed by atoms with van der Waals surface area (Å²) in [6.07, 6.45) is 2.19. The van der Waals surface area contributed by atoms with Crippen molar-refractivity contribution < 1.29 is 14.3 Å². The molecule has 1 aromatic rings. The summed E-state index contributed by atoms with van der Waals surface area (Å²) >= 11 is 0. The molecule has 1 aliphatic carbocycles. The van der Waals surface area contributed by atoms with E-state index in [1.807, 2.05) is 11.0 Å². The lowest BCUT2D eigenvalue weighted by molar-refractivity contribution is -0.134. The van der Waals surface area contributed by atoms with E-state index in [1.54, 1.807) is 0 Å². The minimum Gasteiger partial charge on any atom is -0.454 e. The molecule has 5 heteroatoms. The van der Waals surface area contributed by atoms with Crippen molar-refractivity contribution >= 4 is 5.91 Å². The lowest BCUT2D eigenvalue weighted by Crippen LogP contribution is -2.48. The fraction of sp³-hybridized carbons (Fsp3) is 0.562. The Morgan fingerprint density at radius 1 is 1.10 bits per heavy atom. The van der Waals surface area contributed by atoms with Crippen LogP contribution in [0.2, 0.25) is 0 Å². The van der Waals surface area contributed by atoms with Crippen LogP contribution < -0.4 is 9.47 Å². The molecular formula is C16H20N2O3. The molecule has 0 spiro atoms. The summed E-state index contributed by atoms with van der Waals surface area (Å²) < 4.78 is 10.7. The van der Waals surface area contributed by atoms with Crippen molar-refractivity contribution in [1.29, 1.82) is 0 Å². The molecule has 0 atom stereocenters. The van der Waals surface area contributed by atoms with Crippen molar-refractivity contribution in [3.05, 3.63) is 23.8 Å². The second-order valence-corrected chi connectivity index (χ2v) is 6.06. The van der Waals surface area contributed by atoms with Gasteiger partial charge >= 0.3 is 0 Å². The van der Waals surface area contributed by atoms with Crippen LogP contribution in [-0.4, -0.2) is 48.7 Å². The number of amides is 1. The van der Waals surface area contributed by atoms with Gasteiger partial charge in [0.1, 0.15) is 0 Å². The van der Waals surface area contributed by atoms with E-state index in [-0.39, 0.29) is 0 Å². The van der Waals surface area contributed by atoms with Gasteiger partial charge in [0.25, 0.3) is 0 Å². The zero-order chi connectivity index (χ0) is 14.2. The van der Waals surface area contributed by atoms with E-state index in [0.717, 1.165) is 57.1 Å². The molecule has 1 amide bonds. The number of piperazine rings is 1. The summed E-state index contributed by atoms with van der Waals surface area (Å²) in [5, 5.41) is 0. The van der Waals surface area contributed by atoms with Gasteiger partial charge in [-0.3, -0.25) is 9.69 Å². The van der Waals surface area contributed by atoms with Crippen LogP contribution in [0.3, 0.4) is 0 Å². The molecule has 0 unspecified atom stereocenters. The number of hydrogen-bond acceptors (Lipinski definition) is 4. The molecule has 5 nitrogen and oxygen atoms in total. The Kier molecular flexibility index (Phi) is 3.22. The van der Waals surface area contributed by atoms with E-state index in [4.69, 9.17) is 9.47 Å². The fourth-order valence-electron chi connectivity index (χ4n) is 3.01. The Balaban J connectivity index is 1.33. The second-order valence-electron chi connectivity index (χ2n) is 6.06. The topological polar surface area (TPSA) is 42.0 Å². The van der Waals surface area contributed by atoms with Gasteiger partial charge in [0.2, 0.25) is 12.7 Å². The van der Waals surface area contributed by atoms with Crippen LogP contribution in [0.4, 0.5) is 0 Å². The molecule has 1 saturated heterocycles. The minimum absolute atomic E-state index is 0.320. The predicted octanol–water partition coefficient (Wildman–Crippen LogP) is 1.47. The number of carbonyl (C=O) groups excluding carboxylic acids is 1. The first-order valence-corrected chi connectivity index (χ1v) is 7.69. The molecule has 1 aromatic carbocycles. The highest BCUT2D eigenvalue weighted by molar-refractivity contribution is 5.81. The third kappa shape index (κ3) is 2.70. The number of ether oxygens (including phenoxy) is 2. The van der Waals surface area contributed by atoms with Crippen molar-refractivity contribution in [1.82, 2.24) is 9.80 Å². The molecule has 21 heavy (non-hydrogen) atoms. The molecule has 0 bridgehead atoms. The first-order valence-electron chi connectivity index (χ1n) is 7.69. The Morgan fingerprint density at radius 2 is 1.86 bits per heavy atom. The second kappa shape index (κ2) is 5.22. The lowest BCUT2D eigenvalue weighted by atomic mass is 10.1. The Hall–Kier alpha value is -1.75. The van der Waals surface area contributed by atoms with Gasteiger partial charge in [-0.25, -0.2) is 0 Å². The highest BCUT2D eigenvalue weighted by atomic mass is 16.7. The summed E-state index contributed by atoms with van der Waals surface area (Å²) in [5.41, 5.74) is 1.24. The third-order valence-electron chi connectivity index (χ3n) is 4.45. The number of fused-ring (bicyclic) bond motifs is 1. The van der Waals surface area contributed by atoms with Gasteiger partial charge in [0.15, 0.2) is 11.5 Å². The first-order chi connectivity index (χ1) is 10.3. The van der Waals surface area contributed by atoms with Gasteiger partial charge in [0.05, 0.1) is 0 Å². The maximum absolute atomic E-state index is 12.0. The molecular weight excluding hydrogens is 268 g/mol. The molecule has 2 heterocycles. The highest BCUT2D eigenvalue weighted by Crippen LogP contribution is 2.33. The number of benzene rings is 1. The molecule has 112 valence electrons. The first kappa shape index (κ1) is 13.0. The monoisotopic (exact) mass is 288 g/mol. The summed E-state index contributed by atoms with van der Waals surface area (Å²) in [7, 11) is 0. The van der Waals surface area contributed by atoms with Crippen LogP contribution in [0.25, 0.3) is 0 Å². The van der Waals surface area contributed by atoms with Gasteiger partial charge < -0.3 is 14.4 Å². The van der Waals surface area contributed by atoms with Crippen LogP contribution in [0.1, 0.15) is 18.4 Å². The van der Waals surface area contributed by atoms with E-state index in [9.17, 15) is 4.79 Å². The minimum atomic E-state index is 0.320. The zero-order valence-electron chi connectivity index (χ0n) is 12.1. The number of hydrogen-bond donors (Lipinski definition) is 0. The number of rotatable bonds is 3. The third-order valence-corrected chi connectivity index (χ3v) is 4.45. The maximum atomic E-state index is 12.0. The number of carbonyl (C=O) groups is 1. The number of nitrogens with zero attached hydrogens (tertiary/aromatic N) is 2. The van der Waals surface area contributed by atoms with Gasteiger partial charge in [-0.2, -0.15) is 0 Å². The van der Waals surface area contributed by atoms with Crippen LogP contribution in [0.5, 0.6) is 11.5 Å². The molecule has 0 radical (unpaired) electrons. The van der Waals surface area contributed by atoms with Crippen molar-refractivity contribution in [2.45, 2.75) is 19.4 Å². The van der Waals surface area contributed by atoms with Crippen LogP contribution in [0.15, 0.2) is 18.2 Å². The van der Waals surface area contributed by atoms with Crippen LogP contribution >= 0.6 is 0 Å². The van der Waals surface area contributed by atoms with Crippen LogP contribution in [-0.2, 0) is 11.3 Å². The fourth-order valence-corrected chi connectivity index (χ4v) is 3.01. The standard InChI is InChI=1S/C16H20N2O3/c19-16(13-2-3-13)18-7-5-17(6-8-18)10-12-1-4-14-15(9-12)21-11-20-14/h1,4,9,13H,2-3,5-8,10-11H2. The molecule has 2 fully saturated rings. The Labute approximate surface area is 124 Å². The van der Waals surface area contributed by atoms with Gasteiger partial charge in [-0.05, 0) is 30.5 Å². The van der Waals surface area contributed by atoms with Crippen LogP contribution in [0, 0.1) is 5.92 Å². The smallest absolute Gasteiger partial charge is 0.231 e. The van der Waals surface area contributed by atoms with Gasteiger partial charge in [-0.1, -0.05) is 6.07 Å². The average Bonchev–Trinajstić information content (AvgIpc) is 3.26. The van der Waals surface area contributed by atoms with E-state index in [2.05, 4.69) is 17.0 Å². The lowest BCUT2D eigenvalue weighted by Gasteiger charge is -2.34. The van der Waals surface area contributed by atoms with E-state index in [0.29, 0.717) is 18.6 Å². The summed E-state index contributed by atoms with van der Waals surface area (Å²) in [5.74, 6) is 2.39. The summed E-state index contributed by atoms with van der Waals surface area (Å²) in [6, 6.07) is 6.13. The van der Waals surface area contributed by atoms with E-state index in [1.165, 1.54) is 5.56 Å². The highest BCUT2D eigenvalue weighted by Gasteiger charge is 2.34. The normalized spacial score (nSPS) is 21.6. The quantitative estimate of drug-likeness (QED) is 0.844. The van der Waals surface area contributed by atoms with Crippen molar-refractivity contribution in [2.75, 3.05) is 33.0 Å². The largest absolute Gasteiger partial charge is 0.454 e. The predicted molar refractivity (Wildman–Crippen MR) is 77.1 cm³/mol. The van der Waals surface area contributed by atoms with E-state index < -0.39 is 0 Å². The SMILES string of the molecule is O=C(C1CC1)N1CCN(Cc2ccc3c(c2)OCO3)CC1. The summed E-state index contributed by atoms with van der Waals surface area (Å²) in [4.78, 5) is 16.5. The molecule has 0 N–H and O–H groups in total. The molecule has 0 aromatic heterocycles. The molecule has 3 aliphatic rings. The maximum Gasteiger partial charge on any atom is 0.231 e. The van der Waals surface area contributed by atoms with Crippen molar-refractivity contribution in [3.8, 4) is 11.5 Å². The van der Waals surface area contributed by atoms with E-state index >= 15 is 0 Å². The summed E-state index contributed by atoms with van der Waals surface area (Å²) in [6.45, 7) is 4.85.